The number of hydrogen-bond acceptors (Lipinski definition) is 3. The molecule has 0 saturated heterocycles. The summed E-state index contributed by atoms with van der Waals surface area (Å²) in [6.07, 6.45) is -0.0601. The van der Waals surface area contributed by atoms with Crippen LogP contribution in [0.1, 0.15) is 41.5 Å². The molecule has 5 rings (SSSR count). The standard InChI is InChI=1S/C32H29ClF6N2O2/c33-26-10-7-22(32(37,38)39)16-21(26)18-41(23-8-9-23)31(42)25-17-40-14-13-24(25)20-5-3-19(4-6-20)2-1-15-43-30-28(35)12-11-27(34)29(30)36/h3-7,10-13,16,23,25,40H,1-2,8-9,14-15,17-18H2. The molecule has 1 fully saturated rings. The molecule has 0 aromatic heterocycles. The number of rotatable bonds is 10. The van der Waals surface area contributed by atoms with Crippen molar-refractivity contribution in [1.82, 2.24) is 10.2 Å². The number of carbonyl (C=O) groups is 1. The lowest BCUT2D eigenvalue weighted by atomic mass is 9.88. The molecule has 3 aromatic carbocycles. The van der Waals surface area contributed by atoms with Crippen LogP contribution in [0.5, 0.6) is 5.75 Å². The Labute approximate surface area is 250 Å². The Morgan fingerprint density at radius 1 is 1.00 bits per heavy atom. The number of aryl methyl sites for hydroxylation is 1. The van der Waals surface area contributed by atoms with Gasteiger partial charge in [0.05, 0.1) is 18.1 Å². The molecule has 0 bridgehead atoms. The van der Waals surface area contributed by atoms with Crippen LogP contribution in [0.25, 0.3) is 5.57 Å². The lowest BCUT2D eigenvalue weighted by molar-refractivity contribution is -0.137. The van der Waals surface area contributed by atoms with Gasteiger partial charge in [-0.25, -0.2) is 8.78 Å². The minimum Gasteiger partial charge on any atom is -0.488 e. The Hall–Kier alpha value is -3.50. The first-order valence-electron chi connectivity index (χ1n) is 14.0. The fraction of sp³-hybridized carbons (Fsp3) is 0.344. The van der Waals surface area contributed by atoms with Crippen LogP contribution in [0.3, 0.4) is 0 Å². The molecule has 0 spiro atoms. The van der Waals surface area contributed by atoms with Gasteiger partial charge >= 0.3 is 6.18 Å². The summed E-state index contributed by atoms with van der Waals surface area (Å²) in [5.74, 6) is -4.96. The van der Waals surface area contributed by atoms with Crippen molar-refractivity contribution in [2.45, 2.75) is 44.4 Å². The largest absolute Gasteiger partial charge is 0.488 e. The number of hydrogen-bond donors (Lipinski definition) is 1. The number of halogens is 7. The van der Waals surface area contributed by atoms with Gasteiger partial charge in [-0.3, -0.25) is 4.79 Å². The highest BCUT2D eigenvalue weighted by Gasteiger charge is 2.39. The fourth-order valence-corrected chi connectivity index (χ4v) is 5.36. The van der Waals surface area contributed by atoms with E-state index in [-0.39, 0.29) is 35.7 Å². The number of ether oxygens (including phenoxy) is 1. The second-order valence-electron chi connectivity index (χ2n) is 10.7. The molecule has 1 aliphatic heterocycles. The number of amides is 1. The maximum absolute atomic E-state index is 13.9. The van der Waals surface area contributed by atoms with Crippen LogP contribution in [0, 0.1) is 23.4 Å². The molecule has 228 valence electrons. The van der Waals surface area contributed by atoms with Crippen LogP contribution in [-0.2, 0) is 23.9 Å². The highest BCUT2D eigenvalue weighted by atomic mass is 35.5. The van der Waals surface area contributed by atoms with E-state index in [9.17, 15) is 31.1 Å². The maximum atomic E-state index is 13.9. The number of carbonyl (C=O) groups excluding carboxylic acids is 1. The van der Waals surface area contributed by atoms with Gasteiger partial charge in [-0.2, -0.15) is 17.6 Å². The van der Waals surface area contributed by atoms with E-state index in [1.807, 2.05) is 30.3 Å². The van der Waals surface area contributed by atoms with Crippen LogP contribution in [0.4, 0.5) is 26.3 Å². The van der Waals surface area contributed by atoms with Crippen LogP contribution >= 0.6 is 11.6 Å². The average Bonchev–Trinajstić information content (AvgIpc) is 3.83. The molecule has 1 amide bonds. The summed E-state index contributed by atoms with van der Waals surface area (Å²) >= 11 is 6.26. The van der Waals surface area contributed by atoms with E-state index in [0.29, 0.717) is 32.0 Å². The lowest BCUT2D eigenvalue weighted by Gasteiger charge is -2.31. The van der Waals surface area contributed by atoms with E-state index >= 15 is 0 Å². The molecule has 1 N–H and O–H groups in total. The molecule has 1 heterocycles. The third-order valence-electron chi connectivity index (χ3n) is 7.62. The quantitative estimate of drug-likeness (QED) is 0.144. The van der Waals surface area contributed by atoms with Gasteiger partial charge in [0.2, 0.25) is 11.7 Å². The topological polar surface area (TPSA) is 41.6 Å². The van der Waals surface area contributed by atoms with Gasteiger partial charge in [-0.1, -0.05) is 41.9 Å². The van der Waals surface area contributed by atoms with Crippen LogP contribution in [-0.4, -0.2) is 36.5 Å². The van der Waals surface area contributed by atoms with Gasteiger partial charge in [-0.15, -0.1) is 0 Å². The lowest BCUT2D eigenvalue weighted by Crippen LogP contribution is -2.43. The highest BCUT2D eigenvalue weighted by molar-refractivity contribution is 6.31. The molecule has 1 saturated carbocycles. The molecular formula is C32H29ClF6N2O2. The number of alkyl halides is 3. The van der Waals surface area contributed by atoms with Gasteiger partial charge in [0.25, 0.3) is 0 Å². The molecule has 0 radical (unpaired) electrons. The second kappa shape index (κ2) is 13.0. The zero-order valence-electron chi connectivity index (χ0n) is 23.0. The van der Waals surface area contributed by atoms with Crippen molar-refractivity contribution < 1.29 is 35.9 Å². The Bertz CT molecular complexity index is 1500. The van der Waals surface area contributed by atoms with Crippen molar-refractivity contribution in [2.24, 2.45) is 5.92 Å². The first-order chi connectivity index (χ1) is 20.5. The van der Waals surface area contributed by atoms with Crippen LogP contribution < -0.4 is 10.1 Å². The summed E-state index contributed by atoms with van der Waals surface area (Å²) < 4.78 is 86.1. The molecule has 1 unspecified atom stereocenters. The zero-order chi connectivity index (χ0) is 30.7. The average molecular weight is 623 g/mol. The first kappa shape index (κ1) is 30.9. The minimum absolute atomic E-state index is 0.0134. The van der Waals surface area contributed by atoms with Gasteiger partial charge in [0, 0.05) is 30.7 Å². The van der Waals surface area contributed by atoms with E-state index in [0.717, 1.165) is 47.7 Å². The van der Waals surface area contributed by atoms with E-state index in [4.69, 9.17) is 16.3 Å². The van der Waals surface area contributed by atoms with Crippen molar-refractivity contribution in [2.75, 3.05) is 19.7 Å². The summed E-state index contributed by atoms with van der Waals surface area (Å²) in [6, 6.07) is 12.2. The minimum atomic E-state index is -4.52. The number of nitrogens with one attached hydrogen (secondary N) is 1. The van der Waals surface area contributed by atoms with Crippen molar-refractivity contribution >= 4 is 23.1 Å². The van der Waals surface area contributed by atoms with Crippen LogP contribution in [0.2, 0.25) is 5.02 Å². The monoisotopic (exact) mass is 622 g/mol. The summed E-state index contributed by atoms with van der Waals surface area (Å²) in [5, 5.41) is 3.39. The van der Waals surface area contributed by atoms with E-state index in [2.05, 4.69) is 5.32 Å². The predicted octanol–water partition coefficient (Wildman–Crippen LogP) is 7.58. The van der Waals surface area contributed by atoms with Gasteiger partial charge in [0.1, 0.15) is 0 Å². The van der Waals surface area contributed by atoms with Crippen LogP contribution in [0.15, 0.2) is 60.7 Å². The third kappa shape index (κ3) is 7.36. The Morgan fingerprint density at radius 2 is 1.72 bits per heavy atom. The zero-order valence-corrected chi connectivity index (χ0v) is 23.8. The Kier molecular flexibility index (Phi) is 9.36. The third-order valence-corrected chi connectivity index (χ3v) is 7.99. The predicted molar refractivity (Wildman–Crippen MR) is 151 cm³/mol. The molecule has 1 aliphatic carbocycles. The fourth-order valence-electron chi connectivity index (χ4n) is 5.19. The smallest absolute Gasteiger partial charge is 0.416 e. The molecule has 11 heteroatoms. The Balaban J connectivity index is 1.25. The second-order valence-corrected chi connectivity index (χ2v) is 11.1. The van der Waals surface area contributed by atoms with E-state index < -0.39 is 40.9 Å². The van der Waals surface area contributed by atoms with Gasteiger partial charge < -0.3 is 15.0 Å². The summed E-state index contributed by atoms with van der Waals surface area (Å²) in [6.45, 7) is 0.921. The van der Waals surface area contributed by atoms with Crippen molar-refractivity contribution in [3.8, 4) is 5.75 Å². The van der Waals surface area contributed by atoms with E-state index in [1.165, 1.54) is 6.07 Å². The van der Waals surface area contributed by atoms with Crippen molar-refractivity contribution in [1.29, 1.82) is 0 Å². The number of benzene rings is 3. The van der Waals surface area contributed by atoms with Gasteiger partial charge in [0.15, 0.2) is 17.4 Å². The molecule has 3 aromatic rings. The molecular weight excluding hydrogens is 594 g/mol. The number of nitrogens with zero attached hydrogens (tertiary/aromatic N) is 1. The van der Waals surface area contributed by atoms with Gasteiger partial charge in [-0.05, 0) is 78.3 Å². The summed E-state index contributed by atoms with van der Waals surface area (Å²) in [5.41, 5.74) is 2.05. The molecule has 43 heavy (non-hydrogen) atoms. The first-order valence-corrected chi connectivity index (χ1v) is 14.3. The summed E-state index contributed by atoms with van der Waals surface area (Å²) in [7, 11) is 0. The maximum Gasteiger partial charge on any atom is 0.416 e. The highest BCUT2D eigenvalue weighted by Crippen LogP contribution is 2.37. The Morgan fingerprint density at radius 3 is 2.42 bits per heavy atom. The SMILES string of the molecule is O=C(C1CNCC=C1c1ccc(CCCOc2c(F)ccc(F)c2F)cc1)N(Cc1cc(C(F)(F)F)ccc1Cl)C1CC1. The molecule has 2 aliphatic rings. The molecule has 4 nitrogen and oxygen atoms in total. The summed E-state index contributed by atoms with van der Waals surface area (Å²) in [4.78, 5) is 15.5. The van der Waals surface area contributed by atoms with Crippen molar-refractivity contribution in [3.63, 3.8) is 0 Å². The van der Waals surface area contributed by atoms with Crippen molar-refractivity contribution in [3.05, 3.63) is 105 Å². The van der Waals surface area contributed by atoms with E-state index in [1.54, 1.807) is 4.90 Å². The normalized spacial score (nSPS) is 17.0. The molecule has 1 atom stereocenters.